The highest BCUT2D eigenvalue weighted by atomic mass is 35.5. The van der Waals surface area contributed by atoms with Gasteiger partial charge in [0.25, 0.3) is 10.2 Å². The van der Waals surface area contributed by atoms with Crippen LogP contribution in [-0.4, -0.2) is 36.2 Å². The second-order valence-electron chi connectivity index (χ2n) is 5.62. The SMILES string of the molecule is N#CCN1C(C(=O)Nc2ccc(F)c(Cl)c2)CC(c2nccs2)NS1(=O)=O. The highest BCUT2D eigenvalue weighted by Gasteiger charge is 2.43. The van der Waals surface area contributed by atoms with Gasteiger partial charge >= 0.3 is 0 Å². The summed E-state index contributed by atoms with van der Waals surface area (Å²) in [7, 11) is -4.08. The molecule has 1 aromatic carbocycles. The Bertz CT molecular complexity index is 993. The molecule has 1 aromatic heterocycles. The number of carbonyl (C=O) groups is 1. The van der Waals surface area contributed by atoms with Crippen LogP contribution in [-0.2, 0) is 15.0 Å². The molecular formula is C15H13ClFN5O3S2. The van der Waals surface area contributed by atoms with Gasteiger partial charge in [-0.05, 0) is 24.6 Å². The van der Waals surface area contributed by atoms with Crippen LogP contribution in [0.15, 0.2) is 29.8 Å². The number of aromatic nitrogens is 1. The van der Waals surface area contributed by atoms with E-state index in [9.17, 15) is 17.6 Å². The number of thiazole rings is 1. The van der Waals surface area contributed by atoms with Crippen LogP contribution in [0.3, 0.4) is 0 Å². The second-order valence-corrected chi connectivity index (χ2v) is 8.61. The lowest BCUT2D eigenvalue weighted by molar-refractivity contribution is -0.120. The van der Waals surface area contributed by atoms with Crippen molar-refractivity contribution in [3.8, 4) is 6.07 Å². The Hall–Kier alpha value is -2.10. The average Bonchev–Trinajstić information content (AvgIpc) is 3.14. The van der Waals surface area contributed by atoms with E-state index in [1.807, 2.05) is 0 Å². The molecule has 1 aliphatic heterocycles. The van der Waals surface area contributed by atoms with Crippen LogP contribution in [0.2, 0.25) is 5.02 Å². The number of halogens is 2. The summed E-state index contributed by atoms with van der Waals surface area (Å²) in [5.41, 5.74) is 0.213. The van der Waals surface area contributed by atoms with Gasteiger partial charge in [-0.2, -0.15) is 22.7 Å². The number of rotatable bonds is 4. The average molecular weight is 430 g/mol. The van der Waals surface area contributed by atoms with Gasteiger partial charge in [-0.15, -0.1) is 11.3 Å². The summed E-state index contributed by atoms with van der Waals surface area (Å²) < 4.78 is 41.6. The Morgan fingerprint density at radius 1 is 1.56 bits per heavy atom. The van der Waals surface area contributed by atoms with E-state index in [-0.39, 0.29) is 17.1 Å². The molecule has 0 spiro atoms. The van der Waals surface area contributed by atoms with E-state index >= 15 is 0 Å². The van der Waals surface area contributed by atoms with Crippen molar-refractivity contribution in [1.29, 1.82) is 5.26 Å². The number of carbonyl (C=O) groups excluding carboxylic acids is 1. The zero-order valence-electron chi connectivity index (χ0n) is 13.6. The summed E-state index contributed by atoms with van der Waals surface area (Å²) >= 11 is 6.96. The second kappa shape index (κ2) is 7.87. The summed E-state index contributed by atoms with van der Waals surface area (Å²) in [5.74, 6) is -1.30. The molecule has 142 valence electrons. The lowest BCUT2D eigenvalue weighted by atomic mass is 10.1. The largest absolute Gasteiger partial charge is 0.325 e. The Labute approximate surface area is 163 Å². The van der Waals surface area contributed by atoms with Gasteiger partial charge in [-0.25, -0.2) is 9.37 Å². The van der Waals surface area contributed by atoms with Crippen molar-refractivity contribution in [2.45, 2.75) is 18.5 Å². The molecule has 0 bridgehead atoms. The van der Waals surface area contributed by atoms with E-state index in [0.717, 1.165) is 10.4 Å². The molecule has 8 nitrogen and oxygen atoms in total. The number of benzene rings is 1. The van der Waals surface area contributed by atoms with Crippen molar-refractivity contribution in [2.24, 2.45) is 0 Å². The first-order valence-electron chi connectivity index (χ1n) is 7.63. The first-order valence-corrected chi connectivity index (χ1v) is 10.3. The Balaban J connectivity index is 1.89. The van der Waals surface area contributed by atoms with E-state index in [2.05, 4.69) is 15.0 Å². The molecule has 1 fully saturated rings. The summed E-state index contributed by atoms with van der Waals surface area (Å²) in [6.07, 6.45) is 1.61. The normalized spacial score (nSPS) is 22.1. The van der Waals surface area contributed by atoms with Gasteiger partial charge in [0.15, 0.2) is 0 Å². The van der Waals surface area contributed by atoms with Crippen molar-refractivity contribution >= 4 is 44.7 Å². The van der Waals surface area contributed by atoms with E-state index in [1.54, 1.807) is 11.4 Å². The van der Waals surface area contributed by atoms with Crippen molar-refractivity contribution in [2.75, 3.05) is 11.9 Å². The molecule has 27 heavy (non-hydrogen) atoms. The standard InChI is InChI=1S/C15H13ClFN5O3S2/c16-10-7-9(1-2-11(10)17)20-14(23)13-8-12(15-19-4-6-26-15)21-27(24,25)22(13)5-3-18/h1-2,4,6-7,12-13,21H,5,8H2,(H,20,23). The smallest absolute Gasteiger partial charge is 0.281 e. The lowest BCUT2D eigenvalue weighted by Gasteiger charge is -2.36. The highest BCUT2D eigenvalue weighted by molar-refractivity contribution is 7.87. The molecule has 2 atom stereocenters. The zero-order chi connectivity index (χ0) is 19.6. The molecule has 1 aliphatic rings. The van der Waals surface area contributed by atoms with Crippen LogP contribution < -0.4 is 10.0 Å². The van der Waals surface area contributed by atoms with Crippen molar-refractivity contribution in [3.05, 3.63) is 45.6 Å². The molecule has 2 N–H and O–H groups in total. The molecule has 0 aliphatic carbocycles. The maximum absolute atomic E-state index is 13.3. The molecule has 1 saturated heterocycles. The topological polar surface area (TPSA) is 115 Å². The summed E-state index contributed by atoms with van der Waals surface area (Å²) in [6.45, 7) is -0.498. The first kappa shape index (κ1) is 19.7. The van der Waals surface area contributed by atoms with Crippen LogP contribution in [0.1, 0.15) is 17.5 Å². The number of hydrogen-bond donors (Lipinski definition) is 2. The van der Waals surface area contributed by atoms with E-state index in [4.69, 9.17) is 16.9 Å². The van der Waals surface area contributed by atoms with Gasteiger partial charge in [0, 0.05) is 17.3 Å². The maximum atomic E-state index is 13.3. The summed E-state index contributed by atoms with van der Waals surface area (Å²) in [4.78, 5) is 16.8. The third kappa shape index (κ3) is 4.26. The number of nitrogens with one attached hydrogen (secondary N) is 2. The maximum Gasteiger partial charge on any atom is 0.281 e. The minimum absolute atomic E-state index is 0.0786. The number of nitriles is 1. The first-order chi connectivity index (χ1) is 12.8. The minimum atomic E-state index is -4.08. The highest BCUT2D eigenvalue weighted by Crippen LogP contribution is 2.30. The summed E-state index contributed by atoms with van der Waals surface area (Å²) in [6, 6.07) is 3.52. The molecular weight excluding hydrogens is 417 g/mol. The third-order valence-electron chi connectivity index (χ3n) is 3.87. The third-order valence-corrected chi connectivity index (χ3v) is 6.63. The van der Waals surface area contributed by atoms with Gasteiger partial charge in [0.1, 0.15) is 23.4 Å². The van der Waals surface area contributed by atoms with Gasteiger partial charge in [0.05, 0.1) is 17.1 Å². The van der Waals surface area contributed by atoms with Gasteiger partial charge in [-0.1, -0.05) is 11.6 Å². The molecule has 2 aromatic rings. The van der Waals surface area contributed by atoms with Crippen LogP contribution in [0, 0.1) is 17.1 Å². The van der Waals surface area contributed by atoms with Crippen LogP contribution in [0.5, 0.6) is 0 Å². The van der Waals surface area contributed by atoms with Gasteiger partial charge in [0.2, 0.25) is 5.91 Å². The van der Waals surface area contributed by atoms with Crippen LogP contribution in [0.4, 0.5) is 10.1 Å². The molecule has 3 rings (SSSR count). The lowest BCUT2D eigenvalue weighted by Crippen LogP contribution is -2.57. The predicted molar refractivity (Wildman–Crippen MR) is 97.7 cm³/mol. The molecule has 0 radical (unpaired) electrons. The Morgan fingerprint density at radius 2 is 2.33 bits per heavy atom. The fourth-order valence-corrected chi connectivity index (χ4v) is 5.07. The fourth-order valence-electron chi connectivity index (χ4n) is 2.66. The van der Waals surface area contributed by atoms with Crippen molar-refractivity contribution in [1.82, 2.24) is 14.0 Å². The van der Waals surface area contributed by atoms with E-state index in [1.165, 1.54) is 29.7 Å². The molecule has 2 unspecified atom stereocenters. The van der Waals surface area contributed by atoms with Crippen molar-refractivity contribution < 1.29 is 17.6 Å². The number of anilines is 1. The Kier molecular flexibility index (Phi) is 5.73. The predicted octanol–water partition coefficient (Wildman–Crippen LogP) is 2.05. The van der Waals surface area contributed by atoms with E-state index < -0.39 is 40.6 Å². The van der Waals surface area contributed by atoms with Gasteiger partial charge < -0.3 is 5.32 Å². The fraction of sp³-hybridized carbons (Fsp3) is 0.267. The van der Waals surface area contributed by atoms with E-state index in [0.29, 0.717) is 5.01 Å². The monoisotopic (exact) mass is 429 g/mol. The van der Waals surface area contributed by atoms with Crippen LogP contribution in [0.25, 0.3) is 0 Å². The molecule has 1 amide bonds. The Morgan fingerprint density at radius 3 is 2.96 bits per heavy atom. The van der Waals surface area contributed by atoms with Crippen molar-refractivity contribution in [3.63, 3.8) is 0 Å². The molecule has 12 heteroatoms. The zero-order valence-corrected chi connectivity index (χ0v) is 16.0. The minimum Gasteiger partial charge on any atom is -0.325 e. The molecule has 0 saturated carbocycles. The number of nitrogens with zero attached hydrogens (tertiary/aromatic N) is 3. The number of hydrogen-bond acceptors (Lipinski definition) is 6. The van der Waals surface area contributed by atoms with Gasteiger partial charge in [-0.3, -0.25) is 4.79 Å². The number of amides is 1. The quantitative estimate of drug-likeness (QED) is 0.721. The molecule has 2 heterocycles. The summed E-state index contributed by atoms with van der Waals surface area (Å²) in [5, 5.41) is 13.5. The van der Waals surface area contributed by atoms with Crippen LogP contribution >= 0.6 is 22.9 Å².